The first-order chi connectivity index (χ1) is 13.1. The molecule has 2 aliphatic carbocycles. The van der Waals surface area contributed by atoms with Crippen LogP contribution >= 0.6 is 0 Å². The molecule has 6 nitrogen and oxygen atoms in total. The number of fused-ring (bicyclic) bond motifs is 1. The molecule has 2 aromatic rings. The van der Waals surface area contributed by atoms with Crippen molar-refractivity contribution >= 4 is 5.82 Å². The zero-order valence-corrected chi connectivity index (χ0v) is 16.3. The van der Waals surface area contributed by atoms with Crippen LogP contribution in [0.25, 0.3) is 11.3 Å². The molecule has 0 amide bonds. The lowest BCUT2D eigenvalue weighted by molar-refractivity contribution is 0.152. The lowest BCUT2D eigenvalue weighted by Crippen LogP contribution is -2.28. The summed E-state index contributed by atoms with van der Waals surface area (Å²) in [6.07, 6.45) is 7.95. The Morgan fingerprint density at radius 1 is 1.26 bits per heavy atom. The van der Waals surface area contributed by atoms with E-state index < -0.39 is 0 Å². The van der Waals surface area contributed by atoms with Crippen molar-refractivity contribution in [3.8, 4) is 11.3 Å². The molecule has 5 rings (SSSR count). The molecule has 2 N–H and O–H groups in total. The van der Waals surface area contributed by atoms with E-state index in [4.69, 9.17) is 15.5 Å². The zero-order chi connectivity index (χ0) is 18.5. The highest BCUT2D eigenvalue weighted by Gasteiger charge is 2.57. The molecule has 27 heavy (non-hydrogen) atoms. The van der Waals surface area contributed by atoms with Gasteiger partial charge in [-0.15, -0.1) is 0 Å². The highest BCUT2D eigenvalue weighted by Crippen LogP contribution is 2.56. The highest BCUT2D eigenvalue weighted by atomic mass is 16.5. The maximum absolute atomic E-state index is 5.89. The van der Waals surface area contributed by atoms with Crippen molar-refractivity contribution in [2.24, 2.45) is 17.8 Å². The summed E-state index contributed by atoms with van der Waals surface area (Å²) >= 11 is 0. The van der Waals surface area contributed by atoms with E-state index in [9.17, 15) is 0 Å². The monoisotopic (exact) mass is 367 g/mol. The summed E-state index contributed by atoms with van der Waals surface area (Å²) in [5.74, 6) is 4.25. The van der Waals surface area contributed by atoms with E-state index in [-0.39, 0.29) is 0 Å². The average molecular weight is 367 g/mol. The van der Waals surface area contributed by atoms with Crippen LogP contribution in [0.4, 0.5) is 5.82 Å². The van der Waals surface area contributed by atoms with Gasteiger partial charge >= 0.3 is 0 Å². The van der Waals surface area contributed by atoms with Crippen molar-refractivity contribution in [1.82, 2.24) is 19.4 Å². The van der Waals surface area contributed by atoms with Gasteiger partial charge in [-0.3, -0.25) is 0 Å². The number of pyridine rings is 1. The van der Waals surface area contributed by atoms with Crippen LogP contribution in [-0.2, 0) is 11.2 Å². The van der Waals surface area contributed by atoms with Crippen molar-refractivity contribution in [3.63, 3.8) is 0 Å². The molecule has 3 heterocycles. The molecule has 0 unspecified atom stereocenters. The van der Waals surface area contributed by atoms with Crippen molar-refractivity contribution < 1.29 is 4.74 Å². The zero-order valence-electron chi connectivity index (χ0n) is 16.3. The summed E-state index contributed by atoms with van der Waals surface area (Å²) in [6.45, 7) is 6.27. The smallest absolute Gasteiger partial charge is 0.126 e. The van der Waals surface area contributed by atoms with Gasteiger partial charge < -0.3 is 19.9 Å². The van der Waals surface area contributed by atoms with E-state index in [1.54, 1.807) is 7.11 Å². The van der Waals surface area contributed by atoms with Crippen LogP contribution < -0.4 is 5.73 Å². The molecule has 0 aromatic carbocycles. The number of hydrogen-bond donors (Lipinski definition) is 1. The lowest BCUT2D eigenvalue weighted by Gasteiger charge is -2.20. The van der Waals surface area contributed by atoms with E-state index >= 15 is 0 Å². The number of nitrogens with zero attached hydrogens (tertiary/aromatic N) is 4. The summed E-state index contributed by atoms with van der Waals surface area (Å²) in [5, 5.41) is 0. The first-order valence-corrected chi connectivity index (χ1v) is 10.2. The number of anilines is 1. The van der Waals surface area contributed by atoms with Crippen LogP contribution in [0.3, 0.4) is 0 Å². The van der Waals surface area contributed by atoms with Gasteiger partial charge in [0.15, 0.2) is 0 Å². The van der Waals surface area contributed by atoms with Crippen molar-refractivity contribution in [1.29, 1.82) is 0 Å². The van der Waals surface area contributed by atoms with Crippen molar-refractivity contribution in [2.75, 3.05) is 39.1 Å². The highest BCUT2D eigenvalue weighted by molar-refractivity contribution is 5.61. The van der Waals surface area contributed by atoms with Gasteiger partial charge in [0.1, 0.15) is 11.6 Å². The molecule has 1 aliphatic heterocycles. The number of hydrogen-bond acceptors (Lipinski definition) is 5. The van der Waals surface area contributed by atoms with E-state index in [0.29, 0.717) is 11.9 Å². The largest absolute Gasteiger partial charge is 0.383 e. The topological polar surface area (TPSA) is 69.2 Å². The van der Waals surface area contributed by atoms with Crippen LogP contribution in [0.2, 0.25) is 0 Å². The van der Waals surface area contributed by atoms with Crippen LogP contribution in [-0.4, -0.2) is 52.8 Å². The Labute approximate surface area is 160 Å². The maximum atomic E-state index is 5.89. The van der Waals surface area contributed by atoms with Crippen LogP contribution in [0, 0.1) is 24.7 Å². The van der Waals surface area contributed by atoms with E-state index in [2.05, 4.69) is 26.7 Å². The number of nitrogens with two attached hydrogens (primary N) is 1. The summed E-state index contributed by atoms with van der Waals surface area (Å²) in [7, 11) is 1.78. The maximum Gasteiger partial charge on any atom is 0.126 e. The van der Waals surface area contributed by atoms with Crippen LogP contribution in [0.5, 0.6) is 0 Å². The van der Waals surface area contributed by atoms with Gasteiger partial charge in [0.25, 0.3) is 0 Å². The molecule has 3 fully saturated rings. The van der Waals surface area contributed by atoms with Crippen molar-refractivity contribution in [2.45, 2.75) is 32.2 Å². The minimum Gasteiger partial charge on any atom is -0.383 e. The number of imidazole rings is 1. The minimum absolute atomic E-state index is 0.601. The first-order valence-electron chi connectivity index (χ1n) is 10.2. The van der Waals surface area contributed by atoms with Crippen LogP contribution in [0.1, 0.15) is 30.3 Å². The van der Waals surface area contributed by atoms with Gasteiger partial charge in [0, 0.05) is 57.2 Å². The number of piperidine rings is 1. The molecule has 144 valence electrons. The molecular formula is C21H29N5O. The molecule has 0 bridgehead atoms. The third-order valence-electron chi connectivity index (χ3n) is 6.55. The number of nitrogen functional groups attached to an aromatic ring is 1. The first kappa shape index (κ1) is 17.2. The van der Waals surface area contributed by atoms with Gasteiger partial charge in [0.2, 0.25) is 0 Å². The van der Waals surface area contributed by atoms with E-state index in [1.165, 1.54) is 31.8 Å². The second-order valence-electron chi connectivity index (χ2n) is 8.59. The second-order valence-corrected chi connectivity index (χ2v) is 8.59. The summed E-state index contributed by atoms with van der Waals surface area (Å²) < 4.78 is 7.74. The number of aryl methyl sites for hydroxylation is 1. The third kappa shape index (κ3) is 3.25. The predicted molar refractivity (Wildman–Crippen MR) is 105 cm³/mol. The van der Waals surface area contributed by atoms with Crippen LogP contribution in [0.15, 0.2) is 18.5 Å². The number of rotatable bonds is 7. The Kier molecular flexibility index (Phi) is 4.20. The standard InChI is InChI=1S/C21H29N5O/c1-13-7-15(9-23-21(13)22)18-12-26(19(24-18)8-14-3-4-14)20-16-10-25(5-6-27-2)11-17(16)20/h7,9,12,14,16-17,20H,3-6,8,10-11H2,1-2H3,(H2,22,23)/t16-,17+,20+. The molecule has 1 saturated heterocycles. The summed E-state index contributed by atoms with van der Waals surface area (Å²) in [6, 6.07) is 2.73. The normalized spacial score (nSPS) is 27.1. The molecule has 2 saturated carbocycles. The summed E-state index contributed by atoms with van der Waals surface area (Å²) in [5.41, 5.74) is 9.03. The van der Waals surface area contributed by atoms with Gasteiger partial charge in [0.05, 0.1) is 12.3 Å². The SMILES string of the molecule is COCCN1C[C@@H]2[C@H](C1)[C@H]2n1cc(-c2cnc(N)c(C)c2)nc1CC1CC1. The number of likely N-dealkylation sites (tertiary alicyclic amines) is 1. The molecule has 6 heteroatoms. The quantitative estimate of drug-likeness (QED) is 0.814. The minimum atomic E-state index is 0.601. The summed E-state index contributed by atoms with van der Waals surface area (Å²) in [4.78, 5) is 11.9. The molecular weight excluding hydrogens is 338 g/mol. The van der Waals surface area contributed by atoms with Gasteiger partial charge in [-0.2, -0.15) is 0 Å². The Morgan fingerprint density at radius 3 is 2.70 bits per heavy atom. The fourth-order valence-corrected chi connectivity index (χ4v) is 4.68. The molecule has 0 spiro atoms. The molecule has 3 atom stereocenters. The second kappa shape index (κ2) is 6.60. The lowest BCUT2D eigenvalue weighted by atomic mass is 10.1. The number of ether oxygens (including phenoxy) is 1. The number of methoxy groups -OCH3 is 1. The molecule has 2 aromatic heterocycles. The van der Waals surface area contributed by atoms with Gasteiger partial charge in [-0.25, -0.2) is 9.97 Å². The Morgan fingerprint density at radius 2 is 2.04 bits per heavy atom. The van der Waals surface area contributed by atoms with E-state index in [1.807, 2.05) is 13.1 Å². The third-order valence-corrected chi connectivity index (χ3v) is 6.55. The molecule has 3 aliphatic rings. The van der Waals surface area contributed by atoms with Crippen molar-refractivity contribution in [3.05, 3.63) is 29.8 Å². The van der Waals surface area contributed by atoms with Gasteiger partial charge in [-0.05, 0) is 49.1 Å². The fraction of sp³-hybridized carbons (Fsp3) is 0.619. The fourth-order valence-electron chi connectivity index (χ4n) is 4.68. The number of aromatic nitrogens is 3. The predicted octanol–water partition coefficient (Wildman–Crippen LogP) is 2.54. The Bertz CT molecular complexity index is 831. The van der Waals surface area contributed by atoms with Gasteiger partial charge in [-0.1, -0.05) is 0 Å². The Balaban J connectivity index is 1.38. The molecule has 0 radical (unpaired) electrons. The van der Waals surface area contributed by atoms with E-state index in [0.717, 1.165) is 54.1 Å². The average Bonchev–Trinajstić information content (AvgIpc) is 3.50. The Hall–Kier alpha value is -1.92.